The lowest BCUT2D eigenvalue weighted by atomic mass is 10.2. The normalized spacial score (nSPS) is 9.61. The molecule has 4 nitrogen and oxygen atoms in total. The van der Waals surface area contributed by atoms with E-state index in [1.54, 1.807) is 0 Å². The largest absolute Gasteiger partial charge is 0.480 e. The van der Waals surface area contributed by atoms with Gasteiger partial charge >= 0.3 is 5.97 Å². The smallest absolute Gasteiger partial charge is 0.323 e. The maximum Gasteiger partial charge on any atom is 0.323 e. The van der Waals surface area contributed by atoms with Crippen LogP contribution in [0, 0.1) is 18.2 Å². The number of carboxylic acid groups (broad SMARTS) is 1. The second-order valence-electron chi connectivity index (χ2n) is 3.38. The molecule has 0 atom stereocenters. The van der Waals surface area contributed by atoms with Crippen LogP contribution < -0.4 is 0 Å². The van der Waals surface area contributed by atoms with E-state index in [0.29, 0.717) is 0 Å². The topological polar surface area (TPSA) is 57.6 Å². The third-order valence-electron chi connectivity index (χ3n) is 2.06. The third kappa shape index (κ3) is 3.47. The number of hydrogen-bond acceptors (Lipinski definition) is 2. The van der Waals surface area contributed by atoms with Crippen molar-refractivity contribution < 1.29 is 19.1 Å². The summed E-state index contributed by atoms with van der Waals surface area (Å²) in [4.78, 5) is 23.5. The number of carbonyl (C=O) groups is 2. The Bertz CT molecular complexity index is 525. The number of hydrogen-bond donors (Lipinski definition) is 1. The Kier molecular flexibility index (Phi) is 4.69. The summed E-state index contributed by atoms with van der Waals surface area (Å²) in [7, 11) is 0. The van der Waals surface area contributed by atoms with Crippen molar-refractivity contribution in [2.45, 2.75) is 0 Å². The van der Waals surface area contributed by atoms with E-state index in [-0.39, 0.29) is 17.1 Å². The molecule has 94 valence electrons. The highest BCUT2D eigenvalue weighted by Gasteiger charge is 2.20. The number of halogens is 2. The molecule has 1 amide bonds. The summed E-state index contributed by atoms with van der Waals surface area (Å²) in [5, 5.41) is 8.57. The number of carbonyl (C=O) groups excluding carboxylic acids is 1. The zero-order valence-electron chi connectivity index (χ0n) is 9.19. The van der Waals surface area contributed by atoms with Gasteiger partial charge in [0.05, 0.1) is 17.1 Å². The first-order valence-corrected chi connectivity index (χ1v) is 5.23. The van der Waals surface area contributed by atoms with Gasteiger partial charge in [0, 0.05) is 0 Å². The third-order valence-corrected chi connectivity index (χ3v) is 2.37. The van der Waals surface area contributed by atoms with E-state index in [1.165, 1.54) is 6.07 Å². The van der Waals surface area contributed by atoms with E-state index in [2.05, 4.69) is 5.92 Å². The molecule has 0 fully saturated rings. The predicted molar refractivity (Wildman–Crippen MR) is 63.8 cm³/mol. The molecule has 0 saturated carbocycles. The Labute approximate surface area is 108 Å². The Balaban J connectivity index is 3.02. The minimum Gasteiger partial charge on any atom is -0.480 e. The van der Waals surface area contributed by atoms with Crippen molar-refractivity contribution in [2.24, 2.45) is 0 Å². The summed E-state index contributed by atoms with van der Waals surface area (Å²) in [6, 6.07) is 3.23. The first-order chi connectivity index (χ1) is 8.45. The van der Waals surface area contributed by atoms with E-state index in [1.807, 2.05) is 0 Å². The van der Waals surface area contributed by atoms with Crippen LogP contribution in [0.1, 0.15) is 10.4 Å². The fraction of sp³-hybridized carbons (Fsp3) is 0.167. The second kappa shape index (κ2) is 6.03. The van der Waals surface area contributed by atoms with Crippen LogP contribution in [0.4, 0.5) is 4.39 Å². The van der Waals surface area contributed by atoms with Gasteiger partial charge in [0.2, 0.25) is 0 Å². The van der Waals surface area contributed by atoms with E-state index < -0.39 is 24.2 Å². The molecule has 0 heterocycles. The fourth-order valence-electron chi connectivity index (χ4n) is 1.31. The van der Waals surface area contributed by atoms with Crippen LogP contribution in [0.15, 0.2) is 18.2 Å². The van der Waals surface area contributed by atoms with Gasteiger partial charge in [0.1, 0.15) is 12.4 Å². The van der Waals surface area contributed by atoms with E-state index in [9.17, 15) is 14.0 Å². The molecule has 0 aliphatic heterocycles. The summed E-state index contributed by atoms with van der Waals surface area (Å²) < 4.78 is 12.8. The summed E-state index contributed by atoms with van der Waals surface area (Å²) in [6.45, 7) is -0.713. The minimum absolute atomic E-state index is 0.00886. The van der Waals surface area contributed by atoms with Gasteiger partial charge in [-0.05, 0) is 18.2 Å². The molecule has 1 aromatic rings. The molecule has 0 radical (unpaired) electrons. The van der Waals surface area contributed by atoms with Crippen LogP contribution in [0.3, 0.4) is 0 Å². The van der Waals surface area contributed by atoms with Crippen LogP contribution in [0.25, 0.3) is 0 Å². The van der Waals surface area contributed by atoms with Gasteiger partial charge in [0.15, 0.2) is 0 Å². The molecule has 0 aromatic heterocycles. The Morgan fingerprint density at radius 2 is 2.17 bits per heavy atom. The number of aliphatic carboxylic acids is 1. The molecule has 0 aliphatic rings. The monoisotopic (exact) mass is 269 g/mol. The number of terminal acetylenes is 1. The summed E-state index contributed by atoms with van der Waals surface area (Å²) in [5.74, 6) is -0.255. The Morgan fingerprint density at radius 1 is 1.50 bits per heavy atom. The summed E-state index contributed by atoms with van der Waals surface area (Å²) >= 11 is 5.72. The van der Waals surface area contributed by atoms with Gasteiger partial charge in [-0.3, -0.25) is 9.59 Å². The quantitative estimate of drug-likeness (QED) is 0.846. The number of amides is 1. The lowest BCUT2D eigenvalue weighted by Crippen LogP contribution is -2.36. The van der Waals surface area contributed by atoms with Crippen LogP contribution >= 0.6 is 11.6 Å². The van der Waals surface area contributed by atoms with Crippen LogP contribution in [0.2, 0.25) is 5.02 Å². The molecular weight excluding hydrogens is 261 g/mol. The molecule has 18 heavy (non-hydrogen) atoms. The van der Waals surface area contributed by atoms with Gasteiger partial charge in [0.25, 0.3) is 5.91 Å². The van der Waals surface area contributed by atoms with Crippen molar-refractivity contribution in [3.05, 3.63) is 34.6 Å². The van der Waals surface area contributed by atoms with Crippen molar-refractivity contribution in [1.82, 2.24) is 4.90 Å². The highest BCUT2D eigenvalue weighted by atomic mass is 35.5. The van der Waals surface area contributed by atoms with Gasteiger partial charge < -0.3 is 10.0 Å². The average Bonchev–Trinajstić information content (AvgIpc) is 2.27. The SMILES string of the molecule is C#CCN(CC(=O)O)C(=O)c1ccc(F)cc1Cl. The van der Waals surface area contributed by atoms with Crippen molar-refractivity contribution in [1.29, 1.82) is 0 Å². The standard InChI is InChI=1S/C12H9ClFNO3/c1-2-5-15(7-11(16)17)12(18)9-4-3-8(14)6-10(9)13/h1,3-4,6H,5,7H2,(H,16,17). The Morgan fingerprint density at radius 3 is 2.67 bits per heavy atom. The van der Waals surface area contributed by atoms with Crippen LogP contribution in [-0.2, 0) is 4.79 Å². The number of rotatable bonds is 4. The average molecular weight is 270 g/mol. The van der Waals surface area contributed by atoms with E-state index >= 15 is 0 Å². The molecule has 1 aromatic carbocycles. The Hall–Kier alpha value is -2.06. The molecule has 0 bridgehead atoms. The molecule has 0 unspecified atom stereocenters. The second-order valence-corrected chi connectivity index (χ2v) is 3.79. The molecule has 0 saturated heterocycles. The van der Waals surface area contributed by atoms with Crippen LogP contribution in [0.5, 0.6) is 0 Å². The van der Waals surface area contributed by atoms with Gasteiger partial charge in [-0.25, -0.2) is 4.39 Å². The molecule has 1 N–H and O–H groups in total. The molecular formula is C12H9ClFNO3. The van der Waals surface area contributed by atoms with Crippen molar-refractivity contribution >= 4 is 23.5 Å². The number of nitrogens with zero attached hydrogens (tertiary/aromatic N) is 1. The summed E-state index contributed by atoms with van der Waals surface area (Å²) in [5.41, 5.74) is 0.00886. The van der Waals surface area contributed by atoms with Crippen molar-refractivity contribution in [2.75, 3.05) is 13.1 Å². The van der Waals surface area contributed by atoms with E-state index in [4.69, 9.17) is 23.1 Å². The zero-order valence-corrected chi connectivity index (χ0v) is 9.95. The van der Waals surface area contributed by atoms with Gasteiger partial charge in [-0.1, -0.05) is 17.5 Å². The maximum absolute atomic E-state index is 12.8. The lowest BCUT2D eigenvalue weighted by Gasteiger charge is -2.18. The highest BCUT2D eigenvalue weighted by Crippen LogP contribution is 2.19. The van der Waals surface area contributed by atoms with Gasteiger partial charge in [-0.2, -0.15) is 0 Å². The molecule has 6 heteroatoms. The zero-order chi connectivity index (χ0) is 13.7. The molecule has 1 rings (SSSR count). The van der Waals surface area contributed by atoms with Crippen molar-refractivity contribution in [3.8, 4) is 12.3 Å². The van der Waals surface area contributed by atoms with Crippen molar-refractivity contribution in [3.63, 3.8) is 0 Å². The predicted octanol–water partition coefficient (Wildman–Crippen LogP) is 1.64. The first kappa shape index (κ1) is 14.0. The number of benzene rings is 1. The molecule has 0 spiro atoms. The maximum atomic E-state index is 12.8. The molecule has 0 aliphatic carbocycles. The highest BCUT2D eigenvalue weighted by molar-refractivity contribution is 6.33. The minimum atomic E-state index is -1.20. The van der Waals surface area contributed by atoms with Gasteiger partial charge in [-0.15, -0.1) is 6.42 Å². The lowest BCUT2D eigenvalue weighted by molar-refractivity contribution is -0.137. The van der Waals surface area contributed by atoms with E-state index in [0.717, 1.165) is 17.0 Å². The first-order valence-electron chi connectivity index (χ1n) is 4.85. The summed E-state index contributed by atoms with van der Waals surface area (Å²) in [6.07, 6.45) is 5.05. The number of carboxylic acids is 1. The fourth-order valence-corrected chi connectivity index (χ4v) is 1.55. The van der Waals surface area contributed by atoms with Crippen LogP contribution in [-0.4, -0.2) is 35.0 Å².